The van der Waals surface area contributed by atoms with Crippen LogP contribution in [0.1, 0.15) is 35.9 Å². The first kappa shape index (κ1) is 30.1. The molecular formula is C63H45N. The molecule has 1 heteroatoms. The molecule has 302 valence electrons. The van der Waals surface area contributed by atoms with Crippen LogP contribution in [-0.2, 0) is 5.41 Å². The summed E-state index contributed by atoms with van der Waals surface area (Å²) < 4.78 is 77.3. The molecule has 1 nitrogen and oxygen atoms in total. The van der Waals surface area contributed by atoms with E-state index in [-0.39, 0.29) is 52.1 Å². The Hall–Kier alpha value is -8.00. The Kier molecular flexibility index (Phi) is 7.11. The first-order chi connectivity index (χ1) is 34.8. The summed E-state index contributed by atoms with van der Waals surface area (Å²) in [6, 6.07) is 58.9. The van der Waals surface area contributed by atoms with E-state index < -0.39 is 24.2 Å². The average Bonchev–Trinajstić information content (AvgIpc) is 3.65. The number of fused-ring (bicyclic) bond motifs is 7. The van der Waals surface area contributed by atoms with Gasteiger partial charge in [0, 0.05) is 22.5 Å². The molecule has 0 N–H and O–H groups in total. The van der Waals surface area contributed by atoms with Crippen LogP contribution in [0, 0.1) is 0 Å². The summed E-state index contributed by atoms with van der Waals surface area (Å²) in [6.45, 7) is 4.46. The molecule has 0 bridgehead atoms. The first-order valence-electron chi connectivity index (χ1n) is 25.7. The molecular weight excluding hydrogens is 771 g/mol. The molecule has 1 aliphatic rings. The van der Waals surface area contributed by atoms with Crippen molar-refractivity contribution in [2.75, 3.05) is 4.90 Å². The summed E-state index contributed by atoms with van der Waals surface area (Å²) in [6.07, 6.45) is 0. The fourth-order valence-corrected chi connectivity index (χ4v) is 9.86. The zero-order valence-corrected chi connectivity index (χ0v) is 35.3. The van der Waals surface area contributed by atoms with E-state index in [2.05, 4.69) is 68.4 Å². The molecule has 64 heavy (non-hydrogen) atoms. The molecule has 0 fully saturated rings. The Morgan fingerprint density at radius 2 is 0.844 bits per heavy atom. The summed E-state index contributed by atoms with van der Waals surface area (Å²) in [5.74, 6) is 0. The van der Waals surface area contributed by atoms with Gasteiger partial charge < -0.3 is 4.90 Å². The molecule has 0 unspecified atom stereocenters. The molecule has 11 aromatic carbocycles. The maximum atomic E-state index is 9.76. The number of nitrogens with zero attached hydrogens (tertiary/aromatic N) is 1. The number of anilines is 3. The van der Waals surface area contributed by atoms with Crippen molar-refractivity contribution in [1.29, 1.82) is 0 Å². The molecule has 0 aliphatic heterocycles. The van der Waals surface area contributed by atoms with Crippen LogP contribution in [-0.4, -0.2) is 0 Å². The first-order valence-corrected chi connectivity index (χ1v) is 21.7. The van der Waals surface area contributed by atoms with Crippen LogP contribution in [0.3, 0.4) is 0 Å². The molecule has 0 aromatic heterocycles. The van der Waals surface area contributed by atoms with Gasteiger partial charge in [0.2, 0.25) is 0 Å². The SMILES string of the molecule is [2H]c1c([2H])c(N(c2ccc(-c3cccc4c3C(C)(C)c3ccccc3-4)cc2)c2c([2H])c([2H])c(-c3ccc4c(ccc5ccccc54)c3)c([2H])c2[2H])c([2H])c([2H])c1-c1cccc(-c2cccc3ccccc23)c1. The highest BCUT2D eigenvalue weighted by Crippen LogP contribution is 2.52. The smallest absolute Gasteiger partial charge is 0.0645 e. The molecule has 0 saturated carbocycles. The fraction of sp³-hybridized carbons (Fsp3) is 0.0476. The molecule has 0 saturated heterocycles. The number of rotatable bonds is 7. The van der Waals surface area contributed by atoms with E-state index in [4.69, 9.17) is 0 Å². The highest BCUT2D eigenvalue weighted by Gasteiger charge is 2.37. The van der Waals surface area contributed by atoms with Crippen molar-refractivity contribution in [2.45, 2.75) is 19.3 Å². The molecule has 1 aliphatic carbocycles. The van der Waals surface area contributed by atoms with Crippen molar-refractivity contribution >= 4 is 49.4 Å². The van der Waals surface area contributed by atoms with Crippen LogP contribution in [0.5, 0.6) is 0 Å². The zero-order chi connectivity index (χ0) is 49.7. The Morgan fingerprint density at radius 1 is 0.328 bits per heavy atom. The van der Waals surface area contributed by atoms with Crippen molar-refractivity contribution < 1.29 is 11.0 Å². The van der Waals surface area contributed by atoms with Gasteiger partial charge in [-0.1, -0.05) is 202 Å². The van der Waals surface area contributed by atoms with Crippen LogP contribution in [0.4, 0.5) is 17.1 Å². The Labute approximate surface area is 386 Å². The van der Waals surface area contributed by atoms with Gasteiger partial charge >= 0.3 is 0 Å². The number of hydrogen-bond donors (Lipinski definition) is 0. The molecule has 0 heterocycles. The Balaban J connectivity index is 1.04. The van der Waals surface area contributed by atoms with Crippen molar-refractivity contribution in [1.82, 2.24) is 0 Å². The molecule has 0 amide bonds. The maximum Gasteiger partial charge on any atom is 0.0645 e. The van der Waals surface area contributed by atoms with Crippen LogP contribution in [0.15, 0.2) is 236 Å². The van der Waals surface area contributed by atoms with Gasteiger partial charge in [0.15, 0.2) is 0 Å². The van der Waals surface area contributed by atoms with E-state index in [9.17, 15) is 11.0 Å². The second kappa shape index (κ2) is 15.1. The minimum absolute atomic E-state index is 0.103. The molecule has 11 aromatic rings. The summed E-state index contributed by atoms with van der Waals surface area (Å²) in [5.41, 5.74) is 9.40. The zero-order valence-electron chi connectivity index (χ0n) is 43.3. The summed E-state index contributed by atoms with van der Waals surface area (Å²) in [5, 5.41) is 6.14. The van der Waals surface area contributed by atoms with Crippen molar-refractivity contribution in [3.05, 3.63) is 248 Å². The van der Waals surface area contributed by atoms with Gasteiger partial charge in [0.25, 0.3) is 0 Å². The van der Waals surface area contributed by atoms with E-state index >= 15 is 0 Å². The summed E-state index contributed by atoms with van der Waals surface area (Å²) in [4.78, 5) is 1.38. The van der Waals surface area contributed by atoms with Crippen LogP contribution < -0.4 is 4.90 Å². The molecule has 12 rings (SSSR count). The summed E-state index contributed by atoms with van der Waals surface area (Å²) in [7, 11) is 0. The van der Waals surface area contributed by atoms with Crippen molar-refractivity contribution in [3.8, 4) is 55.6 Å². The topological polar surface area (TPSA) is 3.24 Å². The summed E-state index contributed by atoms with van der Waals surface area (Å²) >= 11 is 0. The quantitative estimate of drug-likeness (QED) is 0.145. The highest BCUT2D eigenvalue weighted by atomic mass is 15.1. The van der Waals surface area contributed by atoms with Gasteiger partial charge in [-0.15, -0.1) is 0 Å². The second-order valence-electron chi connectivity index (χ2n) is 17.1. The van der Waals surface area contributed by atoms with Crippen LogP contribution >= 0.6 is 0 Å². The lowest BCUT2D eigenvalue weighted by molar-refractivity contribution is 0.662. The van der Waals surface area contributed by atoms with Gasteiger partial charge in [-0.2, -0.15) is 0 Å². The number of hydrogen-bond acceptors (Lipinski definition) is 1. The monoisotopic (exact) mass is 823 g/mol. The highest BCUT2D eigenvalue weighted by molar-refractivity contribution is 6.08. The third kappa shape index (κ3) is 6.31. The molecule has 0 atom stereocenters. The van der Waals surface area contributed by atoms with Gasteiger partial charge in [-0.3, -0.25) is 0 Å². The van der Waals surface area contributed by atoms with E-state index in [1.807, 2.05) is 115 Å². The minimum atomic E-state index is -0.395. The Bertz CT molecular complexity index is 4000. The van der Waals surface area contributed by atoms with E-state index in [0.29, 0.717) is 16.8 Å². The van der Waals surface area contributed by atoms with E-state index in [1.54, 1.807) is 18.2 Å². The van der Waals surface area contributed by atoms with E-state index in [1.165, 1.54) is 21.6 Å². The minimum Gasteiger partial charge on any atom is -0.311 e. The second-order valence-corrected chi connectivity index (χ2v) is 17.1. The normalized spacial score (nSPS) is 14.4. The maximum absolute atomic E-state index is 9.76. The Morgan fingerprint density at radius 3 is 1.61 bits per heavy atom. The molecule has 0 spiro atoms. The van der Waals surface area contributed by atoms with Gasteiger partial charge in [0.05, 0.1) is 11.0 Å². The third-order valence-corrected chi connectivity index (χ3v) is 13.0. The van der Waals surface area contributed by atoms with Crippen LogP contribution in [0.25, 0.3) is 88.0 Å². The van der Waals surface area contributed by atoms with Gasteiger partial charge in [-0.25, -0.2) is 0 Å². The average molecular weight is 824 g/mol. The molecule has 0 radical (unpaired) electrons. The van der Waals surface area contributed by atoms with Crippen molar-refractivity contribution in [2.24, 2.45) is 0 Å². The lowest BCUT2D eigenvalue weighted by Crippen LogP contribution is -2.16. The van der Waals surface area contributed by atoms with Gasteiger partial charge in [-0.05, 0) is 148 Å². The third-order valence-electron chi connectivity index (χ3n) is 13.0. The predicted octanol–water partition coefficient (Wildman–Crippen LogP) is 17.6. The number of benzene rings is 11. The predicted molar refractivity (Wildman–Crippen MR) is 273 cm³/mol. The van der Waals surface area contributed by atoms with Crippen LogP contribution in [0.2, 0.25) is 0 Å². The lowest BCUT2D eigenvalue weighted by Gasteiger charge is -2.27. The standard InChI is InChI=1S/C63H45N/c1-63(2)61-23-8-7-19-59(61)60-22-11-21-58(62(60)63)46-30-37-53(38-31-46)64(52-35-28-43(29-36-52)48-32-39-57-50(41-48)25-24-45-13-4-6-18-55(45)57)51-33-26-42(27-34-51)47-15-9-16-49(40-47)56-20-10-14-44-12-3-5-17-54(44)56/h3-41H,1-2H3/i26D,27D,28D,29D,33D,34D,35D,36D. The van der Waals surface area contributed by atoms with Crippen molar-refractivity contribution in [3.63, 3.8) is 0 Å². The fourth-order valence-electron chi connectivity index (χ4n) is 9.86. The van der Waals surface area contributed by atoms with Gasteiger partial charge in [0.1, 0.15) is 0 Å². The largest absolute Gasteiger partial charge is 0.311 e. The van der Waals surface area contributed by atoms with E-state index in [0.717, 1.165) is 60.1 Å². The lowest BCUT2D eigenvalue weighted by atomic mass is 9.79.